The zero-order valence-corrected chi connectivity index (χ0v) is 12.3. The average molecular weight is 255 g/mol. The predicted octanol–water partition coefficient (Wildman–Crippen LogP) is 1.21. The van der Waals surface area contributed by atoms with E-state index in [1.807, 2.05) is 13.8 Å². The lowest BCUT2D eigenvalue weighted by Crippen LogP contribution is -2.48. The molecule has 0 bridgehead atoms. The number of carbonyl (C=O) groups excluding carboxylic acids is 1. The fourth-order valence-electron chi connectivity index (χ4n) is 2.46. The van der Waals surface area contributed by atoms with E-state index in [0.717, 1.165) is 6.54 Å². The third-order valence-corrected chi connectivity index (χ3v) is 4.07. The van der Waals surface area contributed by atoms with Crippen molar-refractivity contribution in [3.05, 3.63) is 0 Å². The highest BCUT2D eigenvalue weighted by Gasteiger charge is 2.26. The van der Waals surface area contributed by atoms with Crippen molar-refractivity contribution in [3.63, 3.8) is 0 Å². The van der Waals surface area contributed by atoms with E-state index in [2.05, 4.69) is 24.1 Å². The van der Waals surface area contributed by atoms with Crippen molar-refractivity contribution in [3.8, 4) is 0 Å². The molecule has 0 aromatic carbocycles. The summed E-state index contributed by atoms with van der Waals surface area (Å²) < 4.78 is 0. The van der Waals surface area contributed by atoms with E-state index >= 15 is 0 Å². The number of nitrogens with zero attached hydrogens (tertiary/aromatic N) is 1. The van der Waals surface area contributed by atoms with Gasteiger partial charge in [0.2, 0.25) is 5.91 Å². The summed E-state index contributed by atoms with van der Waals surface area (Å²) in [6, 6.07) is 0.367. The Labute approximate surface area is 111 Å². The number of likely N-dealkylation sites (tertiary alicyclic amines) is 1. The first-order valence-corrected chi connectivity index (χ1v) is 7.20. The third kappa shape index (κ3) is 4.25. The fourth-order valence-corrected chi connectivity index (χ4v) is 2.46. The molecule has 0 radical (unpaired) electrons. The second-order valence-corrected chi connectivity index (χ2v) is 5.95. The van der Waals surface area contributed by atoms with Crippen molar-refractivity contribution in [2.45, 2.75) is 52.6 Å². The zero-order valence-electron chi connectivity index (χ0n) is 12.3. The van der Waals surface area contributed by atoms with E-state index in [0.29, 0.717) is 12.0 Å². The molecule has 3 N–H and O–H groups in total. The second-order valence-electron chi connectivity index (χ2n) is 5.95. The summed E-state index contributed by atoms with van der Waals surface area (Å²) in [5, 5.41) is 3.06. The van der Waals surface area contributed by atoms with Crippen LogP contribution in [0, 0.1) is 11.8 Å². The summed E-state index contributed by atoms with van der Waals surface area (Å²) in [6.07, 6.45) is 2.57. The second kappa shape index (κ2) is 7.10. The molecule has 0 aliphatic carbocycles. The van der Waals surface area contributed by atoms with Gasteiger partial charge in [0.25, 0.3) is 0 Å². The van der Waals surface area contributed by atoms with Gasteiger partial charge in [0, 0.05) is 24.5 Å². The fraction of sp³-hybridized carbons (Fsp3) is 0.929. The molecule has 4 nitrogen and oxygen atoms in total. The number of hydrogen-bond donors (Lipinski definition) is 2. The molecular weight excluding hydrogens is 226 g/mol. The van der Waals surface area contributed by atoms with E-state index < -0.39 is 0 Å². The van der Waals surface area contributed by atoms with Crippen LogP contribution in [0.2, 0.25) is 0 Å². The summed E-state index contributed by atoms with van der Waals surface area (Å²) in [5.74, 6) is 0.528. The number of carbonyl (C=O) groups is 1. The Morgan fingerprint density at radius 3 is 2.22 bits per heavy atom. The molecule has 1 fully saturated rings. The van der Waals surface area contributed by atoms with Crippen molar-refractivity contribution < 1.29 is 4.79 Å². The number of nitrogens with one attached hydrogen (secondary N) is 1. The van der Waals surface area contributed by atoms with Gasteiger partial charge >= 0.3 is 0 Å². The molecule has 18 heavy (non-hydrogen) atoms. The van der Waals surface area contributed by atoms with E-state index in [1.54, 1.807) is 0 Å². The Hall–Kier alpha value is -0.610. The zero-order chi connectivity index (χ0) is 13.7. The summed E-state index contributed by atoms with van der Waals surface area (Å²) in [7, 11) is 0. The Kier molecular flexibility index (Phi) is 6.09. The Morgan fingerprint density at radius 2 is 1.78 bits per heavy atom. The number of hydrogen-bond acceptors (Lipinski definition) is 3. The van der Waals surface area contributed by atoms with Gasteiger partial charge in [-0.05, 0) is 38.8 Å². The van der Waals surface area contributed by atoms with Gasteiger partial charge in [-0.3, -0.25) is 9.69 Å². The Balaban J connectivity index is 2.44. The van der Waals surface area contributed by atoms with Gasteiger partial charge in [-0.15, -0.1) is 0 Å². The van der Waals surface area contributed by atoms with Gasteiger partial charge in [-0.25, -0.2) is 0 Å². The van der Waals surface area contributed by atoms with Gasteiger partial charge in [0.15, 0.2) is 0 Å². The van der Waals surface area contributed by atoms with Crippen molar-refractivity contribution in [2.75, 3.05) is 19.6 Å². The van der Waals surface area contributed by atoms with Crippen LogP contribution in [0.1, 0.15) is 40.5 Å². The number of rotatable bonds is 6. The molecule has 1 saturated heterocycles. The highest BCUT2D eigenvalue weighted by Crippen LogP contribution is 2.17. The maximum absolute atomic E-state index is 11.9. The summed E-state index contributed by atoms with van der Waals surface area (Å²) in [4.78, 5) is 14.4. The lowest BCUT2D eigenvalue weighted by molar-refractivity contribution is -0.125. The molecule has 1 amide bonds. The van der Waals surface area contributed by atoms with E-state index in [9.17, 15) is 4.79 Å². The van der Waals surface area contributed by atoms with Crippen molar-refractivity contribution in [1.29, 1.82) is 0 Å². The highest BCUT2D eigenvalue weighted by atomic mass is 16.1. The molecule has 0 aromatic rings. The van der Waals surface area contributed by atoms with E-state index in [-0.39, 0.29) is 17.9 Å². The Bertz CT molecular complexity index is 260. The minimum atomic E-state index is -0.114. The molecule has 0 aromatic heterocycles. The maximum Gasteiger partial charge on any atom is 0.224 e. The first-order chi connectivity index (χ1) is 8.43. The molecule has 0 spiro atoms. The summed E-state index contributed by atoms with van der Waals surface area (Å²) >= 11 is 0. The third-order valence-electron chi connectivity index (χ3n) is 4.07. The van der Waals surface area contributed by atoms with Crippen LogP contribution >= 0.6 is 0 Å². The van der Waals surface area contributed by atoms with Crippen LogP contribution in [0.3, 0.4) is 0 Å². The molecule has 0 saturated carbocycles. The molecule has 1 aliphatic heterocycles. The van der Waals surface area contributed by atoms with E-state index in [1.165, 1.54) is 25.9 Å². The molecule has 1 aliphatic rings. The van der Waals surface area contributed by atoms with Gasteiger partial charge in [0.05, 0.1) is 0 Å². The minimum Gasteiger partial charge on any atom is -0.354 e. The molecular formula is C14H29N3O. The smallest absolute Gasteiger partial charge is 0.224 e. The van der Waals surface area contributed by atoms with Crippen LogP contribution in [-0.2, 0) is 4.79 Å². The quantitative estimate of drug-likeness (QED) is 0.750. The van der Waals surface area contributed by atoms with Gasteiger partial charge in [-0.2, -0.15) is 0 Å². The number of nitrogens with two attached hydrogens (primary N) is 1. The maximum atomic E-state index is 11.9. The van der Waals surface area contributed by atoms with Crippen LogP contribution in [0.25, 0.3) is 0 Å². The molecule has 4 heteroatoms. The molecule has 1 rings (SSSR count). The first-order valence-electron chi connectivity index (χ1n) is 7.20. The van der Waals surface area contributed by atoms with Crippen LogP contribution in [0.4, 0.5) is 0 Å². The van der Waals surface area contributed by atoms with Crippen molar-refractivity contribution in [1.82, 2.24) is 10.2 Å². The molecule has 3 unspecified atom stereocenters. The Morgan fingerprint density at radius 1 is 1.22 bits per heavy atom. The van der Waals surface area contributed by atoms with E-state index in [4.69, 9.17) is 5.73 Å². The molecule has 1 heterocycles. The average Bonchev–Trinajstić information content (AvgIpc) is 2.81. The first kappa shape index (κ1) is 15.4. The van der Waals surface area contributed by atoms with Crippen molar-refractivity contribution in [2.24, 2.45) is 17.6 Å². The standard InChI is InChI=1S/C14H29N3O/c1-10(2)13(17-7-5-6-8-17)9-16-14(18)11(3)12(4)15/h10-13H,5-9,15H2,1-4H3,(H,16,18). The summed E-state index contributed by atoms with van der Waals surface area (Å²) in [6.45, 7) is 11.3. The largest absolute Gasteiger partial charge is 0.354 e. The summed E-state index contributed by atoms with van der Waals surface area (Å²) in [5.41, 5.74) is 5.75. The normalized spacial score (nSPS) is 21.9. The minimum absolute atomic E-state index is 0.0786. The van der Waals surface area contributed by atoms with Crippen LogP contribution in [0.5, 0.6) is 0 Å². The predicted molar refractivity (Wildman–Crippen MR) is 75.3 cm³/mol. The SMILES string of the molecule is CC(C)C(CNC(=O)C(C)C(C)N)N1CCCC1. The lowest BCUT2D eigenvalue weighted by Gasteiger charge is -2.31. The van der Waals surface area contributed by atoms with Crippen LogP contribution < -0.4 is 11.1 Å². The monoisotopic (exact) mass is 255 g/mol. The topological polar surface area (TPSA) is 58.4 Å². The highest BCUT2D eigenvalue weighted by molar-refractivity contribution is 5.78. The lowest BCUT2D eigenvalue weighted by atomic mass is 10.0. The molecule has 3 atom stereocenters. The van der Waals surface area contributed by atoms with Crippen molar-refractivity contribution >= 4 is 5.91 Å². The molecule has 106 valence electrons. The van der Waals surface area contributed by atoms with Gasteiger partial charge in [-0.1, -0.05) is 20.8 Å². The number of amides is 1. The van der Waals surface area contributed by atoms with Crippen LogP contribution in [0.15, 0.2) is 0 Å². The van der Waals surface area contributed by atoms with Gasteiger partial charge in [0.1, 0.15) is 0 Å². The van der Waals surface area contributed by atoms with Gasteiger partial charge < -0.3 is 11.1 Å². The van der Waals surface area contributed by atoms with Crippen LogP contribution in [-0.4, -0.2) is 42.5 Å².